The molecule has 0 unspecified atom stereocenters. The van der Waals surface area contributed by atoms with Crippen LogP contribution >= 0.6 is 0 Å². The summed E-state index contributed by atoms with van der Waals surface area (Å²) in [5.41, 5.74) is 0.345. The second kappa shape index (κ2) is 6.25. The highest BCUT2D eigenvalue weighted by Crippen LogP contribution is 2.41. The first-order valence-corrected chi connectivity index (χ1v) is 5.98. The molecule has 2 rings (SSSR count). The van der Waals surface area contributed by atoms with Gasteiger partial charge in [-0.1, -0.05) is 18.2 Å². The first-order chi connectivity index (χ1) is 9.71. The molecule has 106 valence electrons. The maximum absolute atomic E-state index is 13.9. The average molecular weight is 278 g/mol. The van der Waals surface area contributed by atoms with Crippen LogP contribution in [0.3, 0.4) is 0 Å². The van der Waals surface area contributed by atoms with Crippen LogP contribution in [0.2, 0.25) is 0 Å². The van der Waals surface area contributed by atoms with Gasteiger partial charge < -0.3 is 19.3 Å². The monoisotopic (exact) mass is 278 g/mol. The van der Waals surface area contributed by atoms with E-state index in [0.717, 1.165) is 0 Å². The highest BCUT2D eigenvalue weighted by molar-refractivity contribution is 5.54. The molecular weight excluding hydrogens is 263 g/mol. The van der Waals surface area contributed by atoms with Gasteiger partial charge in [0.05, 0.1) is 20.8 Å². The average Bonchev–Trinajstić information content (AvgIpc) is 2.49. The molecule has 0 radical (unpaired) electrons. The molecule has 0 aromatic heterocycles. The summed E-state index contributed by atoms with van der Waals surface area (Å²) in [6, 6.07) is 9.44. The Kier molecular flexibility index (Phi) is 4.42. The van der Waals surface area contributed by atoms with Crippen molar-refractivity contribution in [3.63, 3.8) is 0 Å². The molecule has 20 heavy (non-hydrogen) atoms. The SMILES string of the molecule is COc1cccc(OC)c1Oc1c(F)cccc1CO. The van der Waals surface area contributed by atoms with Crippen molar-refractivity contribution in [2.75, 3.05) is 14.2 Å². The van der Waals surface area contributed by atoms with Crippen LogP contribution in [0.5, 0.6) is 23.0 Å². The van der Waals surface area contributed by atoms with Crippen molar-refractivity contribution >= 4 is 0 Å². The van der Waals surface area contributed by atoms with Crippen molar-refractivity contribution < 1.29 is 23.7 Å². The molecule has 4 nitrogen and oxygen atoms in total. The first-order valence-electron chi connectivity index (χ1n) is 5.98. The summed E-state index contributed by atoms with van der Waals surface area (Å²) in [7, 11) is 2.96. The second-order valence-corrected chi connectivity index (χ2v) is 3.98. The maximum Gasteiger partial charge on any atom is 0.211 e. The molecule has 0 aliphatic carbocycles. The number of aliphatic hydroxyl groups is 1. The van der Waals surface area contributed by atoms with Gasteiger partial charge in [0, 0.05) is 5.56 Å². The Bertz CT molecular complexity index is 576. The Hall–Kier alpha value is -2.27. The van der Waals surface area contributed by atoms with Crippen LogP contribution in [0.1, 0.15) is 5.56 Å². The van der Waals surface area contributed by atoms with Crippen LogP contribution in [0, 0.1) is 5.82 Å². The Morgan fingerprint density at radius 3 is 2.10 bits per heavy atom. The van der Waals surface area contributed by atoms with Crippen molar-refractivity contribution in [2.45, 2.75) is 6.61 Å². The number of hydrogen-bond donors (Lipinski definition) is 1. The maximum atomic E-state index is 13.9. The van der Waals surface area contributed by atoms with Crippen molar-refractivity contribution in [1.29, 1.82) is 0 Å². The van der Waals surface area contributed by atoms with E-state index in [1.54, 1.807) is 24.3 Å². The minimum absolute atomic E-state index is 0.0437. The van der Waals surface area contributed by atoms with Crippen LogP contribution in [0.4, 0.5) is 4.39 Å². The largest absolute Gasteiger partial charge is 0.493 e. The fourth-order valence-electron chi connectivity index (χ4n) is 1.81. The molecular formula is C15H15FO4. The van der Waals surface area contributed by atoms with E-state index in [2.05, 4.69) is 0 Å². The molecule has 1 N–H and O–H groups in total. The number of rotatable bonds is 5. The van der Waals surface area contributed by atoms with Gasteiger partial charge in [-0.3, -0.25) is 0 Å². The quantitative estimate of drug-likeness (QED) is 0.912. The molecule has 0 saturated heterocycles. The predicted molar refractivity (Wildman–Crippen MR) is 71.9 cm³/mol. The molecule has 0 aliphatic rings. The van der Waals surface area contributed by atoms with E-state index in [-0.39, 0.29) is 18.1 Å². The van der Waals surface area contributed by atoms with Gasteiger partial charge in [0.2, 0.25) is 5.75 Å². The van der Waals surface area contributed by atoms with E-state index in [1.807, 2.05) is 0 Å². The minimum Gasteiger partial charge on any atom is -0.493 e. The zero-order valence-corrected chi connectivity index (χ0v) is 11.2. The van der Waals surface area contributed by atoms with Crippen molar-refractivity contribution in [3.05, 3.63) is 47.8 Å². The van der Waals surface area contributed by atoms with E-state index in [4.69, 9.17) is 14.2 Å². The summed E-state index contributed by atoms with van der Waals surface area (Å²) in [5, 5.41) is 9.26. The lowest BCUT2D eigenvalue weighted by molar-refractivity contribution is 0.272. The van der Waals surface area contributed by atoms with Crippen LogP contribution in [0.25, 0.3) is 0 Å². The Balaban J connectivity index is 2.49. The lowest BCUT2D eigenvalue weighted by Crippen LogP contribution is -1.99. The van der Waals surface area contributed by atoms with Crippen LogP contribution in [-0.4, -0.2) is 19.3 Å². The van der Waals surface area contributed by atoms with Gasteiger partial charge in [0.15, 0.2) is 23.1 Å². The fourth-order valence-corrected chi connectivity index (χ4v) is 1.81. The van der Waals surface area contributed by atoms with E-state index in [1.165, 1.54) is 26.4 Å². The lowest BCUT2D eigenvalue weighted by Gasteiger charge is -2.15. The molecule has 2 aromatic carbocycles. The summed E-state index contributed by atoms with van der Waals surface area (Å²) in [5.74, 6) is 0.479. The molecule has 0 atom stereocenters. The van der Waals surface area contributed by atoms with Crippen molar-refractivity contribution in [1.82, 2.24) is 0 Å². The van der Waals surface area contributed by atoms with Crippen LogP contribution < -0.4 is 14.2 Å². The Morgan fingerprint density at radius 1 is 0.950 bits per heavy atom. The topological polar surface area (TPSA) is 47.9 Å². The van der Waals surface area contributed by atoms with Crippen molar-refractivity contribution in [2.24, 2.45) is 0 Å². The Labute approximate surface area is 116 Å². The minimum atomic E-state index is -0.565. The molecule has 5 heteroatoms. The van der Waals surface area contributed by atoms with Gasteiger partial charge >= 0.3 is 0 Å². The molecule has 0 aliphatic heterocycles. The van der Waals surface area contributed by atoms with Crippen molar-refractivity contribution in [3.8, 4) is 23.0 Å². The smallest absolute Gasteiger partial charge is 0.211 e. The highest BCUT2D eigenvalue weighted by atomic mass is 19.1. The van der Waals surface area contributed by atoms with E-state index in [9.17, 15) is 9.50 Å². The summed E-state index contributed by atoms with van der Waals surface area (Å²) in [4.78, 5) is 0. The van der Waals surface area contributed by atoms with Gasteiger partial charge in [-0.15, -0.1) is 0 Å². The van der Waals surface area contributed by atoms with Gasteiger partial charge in [0.1, 0.15) is 0 Å². The van der Waals surface area contributed by atoms with Gasteiger partial charge in [-0.25, -0.2) is 4.39 Å². The summed E-state index contributed by atoms with van der Waals surface area (Å²) < 4.78 is 29.8. The van der Waals surface area contributed by atoms with Gasteiger partial charge in [-0.05, 0) is 18.2 Å². The number of para-hydroxylation sites is 2. The molecule has 0 saturated carbocycles. The highest BCUT2D eigenvalue weighted by Gasteiger charge is 2.17. The molecule has 0 amide bonds. The molecule has 2 aromatic rings. The molecule has 0 bridgehead atoms. The van der Waals surface area contributed by atoms with Gasteiger partial charge in [0.25, 0.3) is 0 Å². The number of ether oxygens (including phenoxy) is 3. The zero-order valence-electron chi connectivity index (χ0n) is 11.2. The normalized spacial score (nSPS) is 10.2. The third-order valence-corrected chi connectivity index (χ3v) is 2.81. The standard InChI is InChI=1S/C15H15FO4/c1-18-12-7-4-8-13(19-2)15(12)20-14-10(9-17)5-3-6-11(14)16/h3-8,17H,9H2,1-2H3. The Morgan fingerprint density at radius 2 is 1.55 bits per heavy atom. The molecule has 0 fully saturated rings. The summed E-state index contributed by atoms with van der Waals surface area (Å²) >= 11 is 0. The van der Waals surface area contributed by atoms with E-state index < -0.39 is 5.82 Å². The molecule has 0 spiro atoms. The van der Waals surface area contributed by atoms with E-state index in [0.29, 0.717) is 17.1 Å². The summed E-state index contributed by atoms with van der Waals surface area (Å²) in [6.07, 6.45) is 0. The first kappa shape index (κ1) is 14.1. The number of benzene rings is 2. The van der Waals surface area contributed by atoms with Gasteiger partial charge in [-0.2, -0.15) is 0 Å². The van der Waals surface area contributed by atoms with Crippen LogP contribution in [-0.2, 0) is 6.61 Å². The number of aliphatic hydroxyl groups excluding tert-OH is 1. The lowest BCUT2D eigenvalue weighted by atomic mass is 10.2. The summed E-state index contributed by atoms with van der Waals surface area (Å²) in [6.45, 7) is -0.329. The molecule has 0 heterocycles. The fraction of sp³-hybridized carbons (Fsp3) is 0.200. The second-order valence-electron chi connectivity index (χ2n) is 3.98. The van der Waals surface area contributed by atoms with E-state index >= 15 is 0 Å². The number of hydrogen-bond acceptors (Lipinski definition) is 4. The zero-order chi connectivity index (χ0) is 14.5. The third-order valence-electron chi connectivity index (χ3n) is 2.81. The van der Waals surface area contributed by atoms with Crippen LogP contribution in [0.15, 0.2) is 36.4 Å². The number of methoxy groups -OCH3 is 2. The predicted octanol–water partition coefficient (Wildman–Crippen LogP) is 3.13. The number of halogens is 1. The third kappa shape index (κ3) is 2.67.